The largest absolute Gasteiger partial charge is 0.396 e. The van der Waals surface area contributed by atoms with Gasteiger partial charge in [-0.2, -0.15) is 13.2 Å². The minimum atomic E-state index is -4.35. The van der Waals surface area contributed by atoms with Gasteiger partial charge in [0, 0.05) is 11.3 Å². The molecule has 152 valence electrons. The van der Waals surface area contributed by atoms with Crippen molar-refractivity contribution in [3.8, 4) is 0 Å². The minimum absolute atomic E-state index is 0.00940. The van der Waals surface area contributed by atoms with E-state index in [2.05, 4.69) is 10.8 Å². The second-order valence-electron chi connectivity index (χ2n) is 7.09. The molecular weight excluding hydrogens is 407 g/mol. The standard InChI is InChI=1S/C17H27ClF3NO2S2/c1-10(5-6-12(9-23)17(19,20)21)22-26-15-8-14(18)16(25-15)11-3-2-4-13(24)7-11/h3,10,12-16,22-24H,2,4-9H2,1H3. The van der Waals surface area contributed by atoms with Gasteiger partial charge in [0.25, 0.3) is 0 Å². The number of thioether (sulfide) groups is 1. The molecule has 6 atom stereocenters. The van der Waals surface area contributed by atoms with Crippen molar-refractivity contribution in [3.63, 3.8) is 0 Å². The molecule has 0 saturated carbocycles. The average molecular weight is 434 g/mol. The van der Waals surface area contributed by atoms with Crippen LogP contribution in [0, 0.1) is 5.92 Å². The molecule has 3 N–H and O–H groups in total. The van der Waals surface area contributed by atoms with Crippen molar-refractivity contribution in [2.24, 2.45) is 5.92 Å². The lowest BCUT2D eigenvalue weighted by Gasteiger charge is -2.24. The number of allylic oxidation sites excluding steroid dienone is 1. The zero-order chi connectivity index (χ0) is 19.3. The summed E-state index contributed by atoms with van der Waals surface area (Å²) < 4.78 is 41.5. The predicted molar refractivity (Wildman–Crippen MR) is 103 cm³/mol. The maximum absolute atomic E-state index is 12.7. The number of aliphatic hydroxyl groups excluding tert-OH is 2. The smallest absolute Gasteiger partial charge is 0.394 e. The maximum Gasteiger partial charge on any atom is 0.394 e. The molecule has 2 aliphatic rings. The van der Waals surface area contributed by atoms with Gasteiger partial charge in [0.05, 0.1) is 28.6 Å². The minimum Gasteiger partial charge on any atom is -0.396 e. The fourth-order valence-corrected chi connectivity index (χ4v) is 6.80. The van der Waals surface area contributed by atoms with E-state index < -0.39 is 18.7 Å². The van der Waals surface area contributed by atoms with Crippen LogP contribution in [0.25, 0.3) is 0 Å². The first-order valence-corrected chi connectivity index (χ1v) is 11.2. The van der Waals surface area contributed by atoms with Gasteiger partial charge in [0.2, 0.25) is 0 Å². The Morgan fingerprint density at radius 2 is 2.15 bits per heavy atom. The van der Waals surface area contributed by atoms with Gasteiger partial charge in [-0.1, -0.05) is 23.6 Å². The molecule has 0 radical (unpaired) electrons. The van der Waals surface area contributed by atoms with Crippen LogP contribution in [0.2, 0.25) is 0 Å². The first-order valence-electron chi connectivity index (χ1n) is 8.96. The molecule has 6 unspecified atom stereocenters. The highest BCUT2D eigenvalue weighted by atomic mass is 35.5. The van der Waals surface area contributed by atoms with Gasteiger partial charge in [-0.15, -0.1) is 23.4 Å². The zero-order valence-electron chi connectivity index (χ0n) is 14.7. The van der Waals surface area contributed by atoms with Gasteiger partial charge in [-0.3, -0.25) is 4.72 Å². The lowest BCUT2D eigenvalue weighted by molar-refractivity contribution is -0.185. The maximum atomic E-state index is 12.7. The van der Waals surface area contributed by atoms with Crippen molar-refractivity contribution in [3.05, 3.63) is 11.6 Å². The van der Waals surface area contributed by atoms with Crippen LogP contribution in [-0.2, 0) is 0 Å². The zero-order valence-corrected chi connectivity index (χ0v) is 17.1. The summed E-state index contributed by atoms with van der Waals surface area (Å²) in [6, 6.07) is -0.0828. The van der Waals surface area contributed by atoms with Gasteiger partial charge >= 0.3 is 6.18 Å². The molecule has 1 heterocycles. The molecule has 0 aromatic heterocycles. The Morgan fingerprint density at radius 1 is 1.42 bits per heavy atom. The van der Waals surface area contributed by atoms with E-state index in [9.17, 15) is 18.3 Å². The van der Waals surface area contributed by atoms with Crippen LogP contribution in [0.1, 0.15) is 45.4 Å². The topological polar surface area (TPSA) is 52.5 Å². The molecule has 1 aliphatic heterocycles. The van der Waals surface area contributed by atoms with Crippen LogP contribution in [0.4, 0.5) is 13.2 Å². The Morgan fingerprint density at radius 3 is 2.77 bits per heavy atom. The average Bonchev–Trinajstić information content (AvgIpc) is 2.93. The SMILES string of the molecule is CC(CCC(CO)C(F)(F)F)NSC1CC(Cl)C(C2=CCCC(O)C2)S1. The van der Waals surface area contributed by atoms with E-state index in [1.807, 2.05) is 6.92 Å². The Hall–Kier alpha value is 0.400. The van der Waals surface area contributed by atoms with Gasteiger partial charge in [0.1, 0.15) is 0 Å². The van der Waals surface area contributed by atoms with Crippen LogP contribution in [-0.4, -0.2) is 50.4 Å². The normalized spacial score (nSPS) is 32.3. The van der Waals surface area contributed by atoms with Crippen molar-refractivity contribution >= 4 is 35.3 Å². The van der Waals surface area contributed by atoms with Gasteiger partial charge < -0.3 is 10.2 Å². The lowest BCUT2D eigenvalue weighted by Crippen LogP contribution is -2.29. The third-order valence-electron chi connectivity index (χ3n) is 4.82. The van der Waals surface area contributed by atoms with Crippen LogP contribution in [0.5, 0.6) is 0 Å². The summed E-state index contributed by atoms with van der Waals surface area (Å²) in [5.74, 6) is -1.65. The van der Waals surface area contributed by atoms with E-state index in [4.69, 9.17) is 16.7 Å². The van der Waals surface area contributed by atoms with Gasteiger partial charge in [0.15, 0.2) is 0 Å². The van der Waals surface area contributed by atoms with Crippen molar-refractivity contribution in [1.82, 2.24) is 4.72 Å². The Kier molecular flexibility index (Phi) is 8.95. The van der Waals surface area contributed by atoms with Crippen molar-refractivity contribution < 1.29 is 23.4 Å². The fraction of sp³-hybridized carbons (Fsp3) is 0.882. The molecule has 9 heteroatoms. The van der Waals surface area contributed by atoms with E-state index in [-0.39, 0.29) is 33.8 Å². The highest BCUT2D eigenvalue weighted by Gasteiger charge is 2.39. The molecule has 26 heavy (non-hydrogen) atoms. The Bertz CT molecular complexity index is 481. The highest BCUT2D eigenvalue weighted by molar-refractivity contribution is 8.16. The number of halogens is 4. The first kappa shape index (κ1) is 22.7. The lowest BCUT2D eigenvalue weighted by atomic mass is 9.93. The molecular formula is C17H27ClF3NO2S2. The summed E-state index contributed by atoms with van der Waals surface area (Å²) in [5, 5.41) is 18.9. The number of hydrogen-bond acceptors (Lipinski definition) is 5. The van der Waals surface area contributed by atoms with Gasteiger partial charge in [-0.05, 0) is 45.4 Å². The van der Waals surface area contributed by atoms with Crippen LogP contribution < -0.4 is 4.72 Å². The second kappa shape index (κ2) is 10.3. The summed E-state index contributed by atoms with van der Waals surface area (Å²) >= 11 is 9.80. The summed E-state index contributed by atoms with van der Waals surface area (Å²) in [6.45, 7) is 0.992. The van der Waals surface area contributed by atoms with Gasteiger partial charge in [-0.25, -0.2) is 0 Å². The number of hydrogen-bond donors (Lipinski definition) is 3. The number of rotatable bonds is 8. The molecule has 0 spiro atoms. The van der Waals surface area contributed by atoms with E-state index in [1.165, 1.54) is 17.5 Å². The highest BCUT2D eigenvalue weighted by Crippen LogP contribution is 2.47. The molecule has 1 fully saturated rings. The summed E-state index contributed by atoms with van der Waals surface area (Å²) in [7, 11) is 0. The van der Waals surface area contributed by atoms with Crippen molar-refractivity contribution in [2.45, 2.75) is 79.0 Å². The van der Waals surface area contributed by atoms with E-state index >= 15 is 0 Å². The third kappa shape index (κ3) is 6.78. The molecule has 3 nitrogen and oxygen atoms in total. The fourth-order valence-electron chi connectivity index (χ4n) is 3.22. The molecule has 0 aromatic carbocycles. The Balaban J connectivity index is 1.73. The first-order chi connectivity index (χ1) is 12.2. The predicted octanol–water partition coefficient (Wildman–Crippen LogP) is 4.47. The van der Waals surface area contributed by atoms with Crippen LogP contribution >= 0.6 is 35.3 Å². The number of aliphatic hydroxyl groups is 2. The molecule has 0 bridgehead atoms. The van der Waals surface area contributed by atoms with E-state index in [1.54, 1.807) is 11.8 Å². The molecule has 0 amide bonds. The molecule has 1 saturated heterocycles. The third-order valence-corrected chi connectivity index (χ3v) is 8.44. The van der Waals surface area contributed by atoms with Crippen LogP contribution in [0.3, 0.4) is 0 Å². The molecule has 1 aliphatic carbocycles. The number of alkyl halides is 4. The van der Waals surface area contributed by atoms with E-state index in [0.29, 0.717) is 12.8 Å². The monoisotopic (exact) mass is 433 g/mol. The van der Waals surface area contributed by atoms with E-state index in [0.717, 1.165) is 19.3 Å². The quantitative estimate of drug-likeness (QED) is 0.299. The summed E-state index contributed by atoms with van der Waals surface area (Å²) in [4.78, 5) is 0. The second-order valence-corrected chi connectivity index (χ2v) is 10.3. The number of nitrogens with one attached hydrogen (secondary N) is 1. The summed E-state index contributed by atoms with van der Waals surface area (Å²) in [6.07, 6.45) is 1.01. The van der Waals surface area contributed by atoms with Crippen LogP contribution in [0.15, 0.2) is 11.6 Å². The molecule has 0 aromatic rings. The summed E-state index contributed by atoms with van der Waals surface area (Å²) in [5.41, 5.74) is 1.22. The van der Waals surface area contributed by atoms with Crippen molar-refractivity contribution in [2.75, 3.05) is 6.61 Å². The molecule has 2 rings (SSSR count). The van der Waals surface area contributed by atoms with Crippen molar-refractivity contribution in [1.29, 1.82) is 0 Å². The Labute approximate surface area is 166 Å².